The Labute approximate surface area is 214 Å². The zero-order valence-electron chi connectivity index (χ0n) is 19.4. The zero-order valence-corrected chi connectivity index (χ0v) is 21.1. The maximum Gasteiger partial charge on any atom is 0.291 e. The largest absolute Gasteiger partial charge is 0.291 e. The number of benzene rings is 4. The molecule has 0 radical (unpaired) electrons. The van der Waals surface area contributed by atoms with Crippen LogP contribution in [0.25, 0.3) is 0 Å². The molecule has 5 nitrogen and oxygen atoms in total. The third kappa shape index (κ3) is 3.85. The first-order chi connectivity index (χ1) is 17.4. The molecule has 2 amide bonds. The molecular formula is C29H23NO4S2. The summed E-state index contributed by atoms with van der Waals surface area (Å²) in [5, 5.41) is -0.614. The molecule has 0 bridgehead atoms. The Morgan fingerprint density at radius 3 is 1.50 bits per heavy atom. The van der Waals surface area contributed by atoms with Gasteiger partial charge in [0.15, 0.2) is 14.4 Å². The number of sulfone groups is 1. The number of imide groups is 1. The SMILES string of the molecule is Cc1ccc(S(=O)(=O)C2SC(=O)N(C(c3ccccc3)(c3ccccc3)c3ccccc3)C2=O)cc1. The summed E-state index contributed by atoms with van der Waals surface area (Å²) < 4.78 is 25.5. The van der Waals surface area contributed by atoms with Gasteiger partial charge in [0.05, 0.1) is 4.90 Å². The van der Waals surface area contributed by atoms with Gasteiger partial charge in [0.1, 0.15) is 5.54 Å². The molecule has 1 saturated heterocycles. The van der Waals surface area contributed by atoms with E-state index in [1.165, 1.54) is 12.1 Å². The van der Waals surface area contributed by atoms with Crippen LogP contribution in [0.4, 0.5) is 4.79 Å². The first-order valence-electron chi connectivity index (χ1n) is 11.4. The fourth-order valence-electron chi connectivity index (χ4n) is 4.67. The van der Waals surface area contributed by atoms with Crippen molar-refractivity contribution in [2.45, 2.75) is 21.9 Å². The van der Waals surface area contributed by atoms with E-state index in [-0.39, 0.29) is 4.90 Å². The van der Waals surface area contributed by atoms with Gasteiger partial charge in [-0.05, 0) is 47.5 Å². The molecule has 0 saturated carbocycles. The van der Waals surface area contributed by atoms with Crippen LogP contribution in [-0.2, 0) is 20.2 Å². The van der Waals surface area contributed by atoms with Crippen LogP contribution in [-0.4, -0.2) is 29.0 Å². The molecule has 1 heterocycles. The van der Waals surface area contributed by atoms with Crippen LogP contribution >= 0.6 is 11.8 Å². The second-order valence-corrected chi connectivity index (χ2v) is 11.9. The van der Waals surface area contributed by atoms with Gasteiger partial charge >= 0.3 is 0 Å². The number of hydrogen-bond acceptors (Lipinski definition) is 5. The van der Waals surface area contributed by atoms with Gasteiger partial charge in [-0.15, -0.1) is 0 Å². The van der Waals surface area contributed by atoms with Crippen molar-refractivity contribution >= 4 is 32.7 Å². The number of aryl methyl sites for hydroxylation is 1. The summed E-state index contributed by atoms with van der Waals surface area (Å²) in [5.41, 5.74) is 1.57. The van der Waals surface area contributed by atoms with Crippen LogP contribution in [0.3, 0.4) is 0 Å². The summed E-state index contributed by atoms with van der Waals surface area (Å²) in [5.74, 6) is -0.762. The Bertz CT molecular complexity index is 1410. The average molecular weight is 514 g/mol. The molecule has 1 aliphatic heterocycles. The summed E-state index contributed by atoms with van der Waals surface area (Å²) in [7, 11) is -4.13. The number of hydrogen-bond donors (Lipinski definition) is 0. The Balaban J connectivity index is 1.75. The van der Waals surface area contributed by atoms with Crippen LogP contribution < -0.4 is 0 Å². The fourth-order valence-corrected chi connectivity index (χ4v) is 7.61. The highest BCUT2D eigenvalue weighted by atomic mass is 32.3. The van der Waals surface area contributed by atoms with Crippen LogP contribution in [0.15, 0.2) is 120 Å². The van der Waals surface area contributed by atoms with Gasteiger partial charge in [-0.3, -0.25) is 14.5 Å². The van der Waals surface area contributed by atoms with Crippen molar-refractivity contribution in [3.63, 3.8) is 0 Å². The molecule has 0 aliphatic carbocycles. The number of rotatable bonds is 6. The molecule has 7 heteroatoms. The van der Waals surface area contributed by atoms with Crippen molar-refractivity contribution in [1.29, 1.82) is 0 Å². The van der Waals surface area contributed by atoms with Crippen LogP contribution in [0, 0.1) is 6.92 Å². The molecule has 1 atom stereocenters. The number of carbonyl (C=O) groups excluding carboxylic acids is 2. The molecule has 1 aliphatic rings. The quantitative estimate of drug-likeness (QED) is 0.306. The van der Waals surface area contributed by atoms with Gasteiger partial charge in [0.2, 0.25) is 0 Å². The monoisotopic (exact) mass is 513 g/mol. The van der Waals surface area contributed by atoms with Crippen molar-refractivity contribution in [2.75, 3.05) is 0 Å². The van der Waals surface area contributed by atoms with Crippen molar-refractivity contribution in [1.82, 2.24) is 4.90 Å². The Hall–Kier alpha value is -3.68. The van der Waals surface area contributed by atoms with Crippen LogP contribution in [0.1, 0.15) is 22.3 Å². The van der Waals surface area contributed by atoms with E-state index in [2.05, 4.69) is 0 Å². The summed E-state index contributed by atoms with van der Waals surface area (Å²) in [6.45, 7) is 1.85. The standard InChI is InChI=1S/C29H23NO4S2/c1-21-17-19-25(20-18-21)36(33,34)27-26(31)30(28(32)35-27)29(22-11-5-2-6-12-22,23-13-7-3-8-14-23)24-15-9-4-10-16-24/h2-20,27H,1H3. The van der Waals surface area contributed by atoms with Crippen LogP contribution in [0.2, 0.25) is 0 Å². The molecule has 4 aromatic rings. The van der Waals surface area contributed by atoms with E-state index in [0.29, 0.717) is 28.5 Å². The Morgan fingerprint density at radius 1 is 0.667 bits per heavy atom. The molecular weight excluding hydrogens is 490 g/mol. The maximum atomic E-state index is 14.1. The highest BCUT2D eigenvalue weighted by Crippen LogP contribution is 2.48. The summed E-state index contributed by atoms with van der Waals surface area (Å²) in [6.07, 6.45) is 0. The third-order valence-corrected chi connectivity index (χ3v) is 9.90. The van der Waals surface area contributed by atoms with Gasteiger partial charge in [-0.1, -0.05) is 109 Å². The van der Waals surface area contributed by atoms with Gasteiger partial charge in [0, 0.05) is 0 Å². The number of amides is 2. The molecule has 180 valence electrons. The lowest BCUT2D eigenvalue weighted by Gasteiger charge is -2.42. The van der Waals surface area contributed by atoms with E-state index in [1.807, 2.05) is 97.9 Å². The van der Waals surface area contributed by atoms with E-state index in [0.717, 1.165) is 10.5 Å². The number of nitrogens with zero attached hydrogens (tertiary/aromatic N) is 1. The minimum atomic E-state index is -4.13. The first kappa shape index (κ1) is 24.0. The molecule has 1 unspecified atom stereocenters. The smallest absolute Gasteiger partial charge is 0.272 e. The maximum absolute atomic E-state index is 14.1. The average Bonchev–Trinajstić information content (AvgIpc) is 3.22. The normalized spacial score (nSPS) is 16.4. The minimum absolute atomic E-state index is 0.0123. The second-order valence-electron chi connectivity index (χ2n) is 8.56. The summed E-state index contributed by atoms with van der Waals surface area (Å²) in [4.78, 5) is 28.9. The van der Waals surface area contributed by atoms with E-state index in [1.54, 1.807) is 12.1 Å². The van der Waals surface area contributed by atoms with Gasteiger partial charge in [-0.25, -0.2) is 8.42 Å². The fraction of sp³-hybridized carbons (Fsp3) is 0.103. The summed E-state index contributed by atoms with van der Waals surface area (Å²) in [6, 6.07) is 34.1. The molecule has 0 spiro atoms. The van der Waals surface area contributed by atoms with Crippen LogP contribution in [0.5, 0.6) is 0 Å². The lowest BCUT2D eigenvalue weighted by Crippen LogP contribution is -2.52. The van der Waals surface area contributed by atoms with Gasteiger partial charge in [-0.2, -0.15) is 0 Å². The van der Waals surface area contributed by atoms with E-state index < -0.39 is 31.1 Å². The lowest BCUT2D eigenvalue weighted by atomic mass is 9.75. The Kier molecular flexibility index (Phi) is 6.28. The number of carbonyl (C=O) groups is 2. The predicted molar refractivity (Wildman–Crippen MR) is 141 cm³/mol. The first-order valence-corrected chi connectivity index (χ1v) is 13.8. The van der Waals surface area contributed by atoms with Crippen molar-refractivity contribution < 1.29 is 18.0 Å². The van der Waals surface area contributed by atoms with Crippen molar-refractivity contribution in [3.05, 3.63) is 138 Å². The van der Waals surface area contributed by atoms with E-state index in [4.69, 9.17) is 0 Å². The highest BCUT2D eigenvalue weighted by Gasteiger charge is 2.57. The molecule has 5 rings (SSSR count). The number of thioether (sulfide) groups is 1. The minimum Gasteiger partial charge on any atom is -0.272 e. The van der Waals surface area contributed by atoms with Gasteiger partial charge in [0.25, 0.3) is 11.1 Å². The van der Waals surface area contributed by atoms with Crippen molar-refractivity contribution in [2.24, 2.45) is 0 Å². The molecule has 0 N–H and O–H groups in total. The zero-order chi connectivity index (χ0) is 25.3. The molecule has 0 aromatic heterocycles. The van der Waals surface area contributed by atoms with Gasteiger partial charge < -0.3 is 0 Å². The topological polar surface area (TPSA) is 71.5 Å². The lowest BCUT2D eigenvalue weighted by molar-refractivity contribution is -0.128. The molecule has 36 heavy (non-hydrogen) atoms. The molecule has 4 aromatic carbocycles. The summed E-state index contributed by atoms with van der Waals surface area (Å²) >= 11 is 0.548. The Morgan fingerprint density at radius 2 is 1.08 bits per heavy atom. The highest BCUT2D eigenvalue weighted by molar-refractivity contribution is 8.24. The second kappa shape index (κ2) is 9.41. The van der Waals surface area contributed by atoms with E-state index in [9.17, 15) is 18.0 Å². The third-order valence-electron chi connectivity index (χ3n) is 6.35. The van der Waals surface area contributed by atoms with Crippen molar-refractivity contribution in [3.8, 4) is 0 Å². The predicted octanol–water partition coefficient (Wildman–Crippen LogP) is 5.78. The van der Waals surface area contributed by atoms with E-state index >= 15 is 0 Å². The molecule has 1 fully saturated rings.